The normalized spacial score (nSPS) is 16.8. The monoisotopic (exact) mass is 542 g/mol. The molecule has 1 fully saturated rings. The molecule has 1 aromatic carbocycles. The molecule has 4 aromatic rings. The summed E-state index contributed by atoms with van der Waals surface area (Å²) in [6.07, 6.45) is 5.36. The van der Waals surface area contributed by atoms with E-state index in [1.807, 2.05) is 37.3 Å². The molecule has 4 heterocycles. The predicted octanol–water partition coefficient (Wildman–Crippen LogP) is 4.93. The van der Waals surface area contributed by atoms with Gasteiger partial charge in [-0.25, -0.2) is 13.4 Å². The number of hydrogen-bond donors (Lipinski definition) is 0. The standard InChI is InChI=1S/C25H26N4O4S3/c1-2-33-19-10-11-20-22(15-19)35-25(27-20)28(17-18-7-5-12-26-16-18)24(30)21-8-3-4-13-29(21)36(31,32)23-9-6-14-34-23/h5-7,9-12,14-16,21H,2-4,8,13,17H2,1H3. The Bertz CT molecular complexity index is 1440. The zero-order chi connectivity index (χ0) is 25.1. The number of aromatic nitrogens is 2. The van der Waals surface area contributed by atoms with Gasteiger partial charge >= 0.3 is 0 Å². The lowest BCUT2D eigenvalue weighted by atomic mass is 10.0. The summed E-state index contributed by atoms with van der Waals surface area (Å²) < 4.78 is 35.1. The lowest BCUT2D eigenvalue weighted by Gasteiger charge is -2.35. The first-order valence-electron chi connectivity index (χ1n) is 11.8. The van der Waals surface area contributed by atoms with E-state index in [-0.39, 0.29) is 16.7 Å². The average Bonchev–Trinajstić information content (AvgIpc) is 3.58. The topological polar surface area (TPSA) is 92.7 Å². The Morgan fingerprint density at radius 3 is 2.86 bits per heavy atom. The maximum absolute atomic E-state index is 14.1. The first kappa shape index (κ1) is 24.8. The summed E-state index contributed by atoms with van der Waals surface area (Å²) in [6.45, 7) is 3.04. The summed E-state index contributed by atoms with van der Waals surface area (Å²) in [6, 6.07) is 11.9. The third-order valence-electron chi connectivity index (χ3n) is 6.02. The molecule has 5 rings (SSSR count). The van der Waals surface area contributed by atoms with Gasteiger partial charge in [-0.3, -0.25) is 14.7 Å². The van der Waals surface area contributed by atoms with Crippen LogP contribution in [0.4, 0.5) is 5.13 Å². The lowest BCUT2D eigenvalue weighted by Crippen LogP contribution is -2.52. The summed E-state index contributed by atoms with van der Waals surface area (Å²) in [7, 11) is -3.78. The SMILES string of the molecule is CCOc1ccc2nc(N(Cc3cccnc3)C(=O)C3CCCCN3S(=O)(=O)c3cccs3)sc2c1. The molecule has 0 N–H and O–H groups in total. The molecule has 0 spiro atoms. The molecule has 1 atom stereocenters. The number of carbonyl (C=O) groups excluding carboxylic acids is 1. The van der Waals surface area contributed by atoms with Crippen molar-refractivity contribution >= 4 is 54.0 Å². The molecule has 1 unspecified atom stereocenters. The number of amides is 1. The van der Waals surface area contributed by atoms with Crippen LogP contribution in [0.25, 0.3) is 10.2 Å². The van der Waals surface area contributed by atoms with E-state index in [0.29, 0.717) is 24.7 Å². The van der Waals surface area contributed by atoms with E-state index in [1.54, 1.807) is 34.8 Å². The lowest BCUT2D eigenvalue weighted by molar-refractivity contribution is -0.123. The molecule has 188 valence electrons. The fourth-order valence-corrected chi connectivity index (χ4v) is 8.09. The van der Waals surface area contributed by atoms with Crippen molar-refractivity contribution in [2.24, 2.45) is 0 Å². The maximum atomic E-state index is 14.1. The molecular weight excluding hydrogens is 517 g/mol. The Kier molecular flexibility index (Phi) is 7.33. The van der Waals surface area contributed by atoms with Gasteiger partial charge in [0.2, 0.25) is 5.91 Å². The Morgan fingerprint density at radius 1 is 1.22 bits per heavy atom. The van der Waals surface area contributed by atoms with Gasteiger partial charge in [0.15, 0.2) is 5.13 Å². The minimum Gasteiger partial charge on any atom is -0.494 e. The van der Waals surface area contributed by atoms with Gasteiger partial charge in [-0.05, 0) is 61.0 Å². The van der Waals surface area contributed by atoms with Crippen LogP contribution in [0.5, 0.6) is 5.75 Å². The number of carbonyl (C=O) groups is 1. The van der Waals surface area contributed by atoms with Gasteiger partial charge in [-0.1, -0.05) is 29.9 Å². The highest BCUT2D eigenvalue weighted by atomic mass is 32.2. The number of hydrogen-bond acceptors (Lipinski definition) is 8. The van der Waals surface area contributed by atoms with Gasteiger partial charge in [-0.2, -0.15) is 4.31 Å². The van der Waals surface area contributed by atoms with Gasteiger partial charge < -0.3 is 4.74 Å². The molecular formula is C25H26N4O4S3. The molecule has 0 bridgehead atoms. The number of fused-ring (bicyclic) bond motifs is 1. The second kappa shape index (κ2) is 10.6. The van der Waals surface area contributed by atoms with Crippen LogP contribution in [0.2, 0.25) is 0 Å². The molecule has 1 aliphatic rings. The highest BCUT2D eigenvalue weighted by Crippen LogP contribution is 2.35. The number of pyridine rings is 1. The van der Waals surface area contributed by atoms with Crippen molar-refractivity contribution in [2.45, 2.75) is 43.0 Å². The second-order valence-electron chi connectivity index (χ2n) is 8.40. The van der Waals surface area contributed by atoms with E-state index < -0.39 is 16.1 Å². The van der Waals surface area contributed by atoms with E-state index in [9.17, 15) is 13.2 Å². The number of anilines is 1. The number of thiazole rings is 1. The molecule has 1 saturated heterocycles. The van der Waals surface area contributed by atoms with Crippen LogP contribution >= 0.6 is 22.7 Å². The molecule has 0 aliphatic carbocycles. The van der Waals surface area contributed by atoms with Crippen molar-refractivity contribution in [3.05, 3.63) is 65.8 Å². The van der Waals surface area contributed by atoms with E-state index >= 15 is 0 Å². The van der Waals surface area contributed by atoms with Crippen molar-refractivity contribution < 1.29 is 17.9 Å². The number of nitrogens with zero attached hydrogens (tertiary/aromatic N) is 4. The van der Waals surface area contributed by atoms with Crippen LogP contribution in [-0.4, -0.2) is 47.8 Å². The van der Waals surface area contributed by atoms with Gasteiger partial charge in [-0.15, -0.1) is 11.3 Å². The van der Waals surface area contributed by atoms with Crippen molar-refractivity contribution in [2.75, 3.05) is 18.1 Å². The molecule has 36 heavy (non-hydrogen) atoms. The maximum Gasteiger partial charge on any atom is 0.253 e. The van der Waals surface area contributed by atoms with Crippen LogP contribution in [0.3, 0.4) is 0 Å². The minimum atomic E-state index is -3.78. The number of piperidine rings is 1. The fraction of sp³-hybridized carbons (Fsp3) is 0.320. The summed E-state index contributed by atoms with van der Waals surface area (Å²) in [4.78, 5) is 24.7. The van der Waals surface area contributed by atoms with E-state index in [0.717, 1.165) is 34.4 Å². The van der Waals surface area contributed by atoms with Crippen LogP contribution in [0.1, 0.15) is 31.7 Å². The van der Waals surface area contributed by atoms with Crippen LogP contribution in [-0.2, 0) is 21.4 Å². The van der Waals surface area contributed by atoms with Crippen LogP contribution < -0.4 is 9.64 Å². The second-order valence-corrected chi connectivity index (χ2v) is 12.5. The number of rotatable bonds is 8. The first-order chi connectivity index (χ1) is 17.5. The van der Waals surface area contributed by atoms with Gasteiger partial charge in [0, 0.05) is 18.9 Å². The van der Waals surface area contributed by atoms with Crippen molar-refractivity contribution in [1.29, 1.82) is 0 Å². The molecule has 11 heteroatoms. The highest BCUT2D eigenvalue weighted by molar-refractivity contribution is 7.91. The van der Waals surface area contributed by atoms with Gasteiger partial charge in [0.25, 0.3) is 10.0 Å². The largest absolute Gasteiger partial charge is 0.494 e. The summed E-state index contributed by atoms with van der Waals surface area (Å²) in [5.74, 6) is 0.466. The highest BCUT2D eigenvalue weighted by Gasteiger charge is 2.40. The van der Waals surface area contributed by atoms with E-state index in [2.05, 4.69) is 4.98 Å². The Morgan fingerprint density at radius 2 is 2.11 bits per heavy atom. The third-order valence-corrected chi connectivity index (χ3v) is 10.3. The molecule has 0 saturated carbocycles. The Balaban J connectivity index is 1.53. The third kappa shape index (κ3) is 5.01. The zero-order valence-electron chi connectivity index (χ0n) is 19.7. The van der Waals surface area contributed by atoms with Gasteiger partial charge in [0.1, 0.15) is 16.0 Å². The van der Waals surface area contributed by atoms with E-state index in [4.69, 9.17) is 9.72 Å². The quantitative estimate of drug-likeness (QED) is 0.314. The molecule has 1 amide bonds. The van der Waals surface area contributed by atoms with Gasteiger partial charge in [0.05, 0.1) is 23.4 Å². The minimum absolute atomic E-state index is 0.244. The number of benzene rings is 1. The summed E-state index contributed by atoms with van der Waals surface area (Å²) >= 11 is 2.56. The fourth-order valence-electron chi connectivity index (χ4n) is 4.32. The van der Waals surface area contributed by atoms with Crippen LogP contribution in [0, 0.1) is 0 Å². The molecule has 0 radical (unpaired) electrons. The van der Waals surface area contributed by atoms with Crippen molar-refractivity contribution in [3.8, 4) is 5.75 Å². The van der Waals surface area contributed by atoms with Crippen molar-refractivity contribution in [3.63, 3.8) is 0 Å². The van der Waals surface area contributed by atoms with E-state index in [1.165, 1.54) is 27.0 Å². The Labute approximate surface area is 218 Å². The molecule has 3 aromatic heterocycles. The number of ether oxygens (including phenoxy) is 1. The van der Waals surface area contributed by atoms with Crippen molar-refractivity contribution in [1.82, 2.24) is 14.3 Å². The smallest absolute Gasteiger partial charge is 0.253 e. The summed E-state index contributed by atoms with van der Waals surface area (Å²) in [5.41, 5.74) is 1.60. The first-order valence-corrected chi connectivity index (χ1v) is 14.9. The molecule has 1 aliphatic heterocycles. The average molecular weight is 543 g/mol. The zero-order valence-corrected chi connectivity index (χ0v) is 22.2. The summed E-state index contributed by atoms with van der Waals surface area (Å²) in [5, 5.41) is 2.26. The molecule has 8 nitrogen and oxygen atoms in total. The predicted molar refractivity (Wildman–Crippen MR) is 142 cm³/mol. The van der Waals surface area contributed by atoms with Crippen LogP contribution in [0.15, 0.2) is 64.4 Å². The Hall–Kier alpha value is -2.86. The number of sulfonamides is 1. The number of thiophene rings is 1.